The Morgan fingerprint density at radius 2 is 1.87 bits per heavy atom. The van der Waals surface area contributed by atoms with E-state index in [0.29, 0.717) is 10.5 Å². The molecule has 1 rings (SSSR count). The Balaban J connectivity index is 3.08. The van der Waals surface area contributed by atoms with Gasteiger partial charge in [-0.05, 0) is 11.5 Å². The highest BCUT2D eigenvalue weighted by Crippen LogP contribution is 2.19. The van der Waals surface area contributed by atoms with Gasteiger partial charge in [0.2, 0.25) is 0 Å². The SMILES string of the molecule is CC(C)(C)[B]c1cc(Cl)ccc1B(O)O. The lowest BCUT2D eigenvalue weighted by molar-refractivity contribution is 0.426. The maximum Gasteiger partial charge on any atom is 0.487 e. The van der Waals surface area contributed by atoms with E-state index in [2.05, 4.69) is 0 Å². The monoisotopic (exact) mass is 223 g/mol. The van der Waals surface area contributed by atoms with Gasteiger partial charge in [0.1, 0.15) is 0 Å². The van der Waals surface area contributed by atoms with Crippen molar-refractivity contribution < 1.29 is 10.0 Å². The van der Waals surface area contributed by atoms with Gasteiger partial charge in [-0.2, -0.15) is 0 Å². The molecule has 0 saturated heterocycles. The molecule has 0 aliphatic rings. The summed E-state index contributed by atoms with van der Waals surface area (Å²) in [7, 11) is 0.504. The van der Waals surface area contributed by atoms with Crippen LogP contribution in [0.25, 0.3) is 0 Å². The van der Waals surface area contributed by atoms with E-state index in [1.54, 1.807) is 18.2 Å². The fourth-order valence-corrected chi connectivity index (χ4v) is 1.55. The Morgan fingerprint density at radius 3 is 2.33 bits per heavy atom. The van der Waals surface area contributed by atoms with Crippen molar-refractivity contribution in [2.45, 2.75) is 26.1 Å². The first-order valence-electron chi connectivity index (χ1n) is 4.81. The lowest BCUT2D eigenvalue weighted by Crippen LogP contribution is -2.45. The summed E-state index contributed by atoms with van der Waals surface area (Å²) in [5.74, 6) is 0. The third kappa shape index (κ3) is 3.90. The van der Waals surface area contributed by atoms with E-state index in [9.17, 15) is 10.0 Å². The van der Waals surface area contributed by atoms with Gasteiger partial charge in [-0.3, -0.25) is 0 Å². The van der Waals surface area contributed by atoms with Crippen LogP contribution in [0.15, 0.2) is 18.2 Å². The smallest absolute Gasteiger partial charge is 0.423 e. The lowest BCUT2D eigenvalue weighted by atomic mass is 9.48. The van der Waals surface area contributed by atoms with Gasteiger partial charge in [0.05, 0.1) is 0 Å². The second-order valence-corrected chi connectivity index (χ2v) is 5.09. The molecule has 2 N–H and O–H groups in total. The number of rotatable bonds is 2. The Hall–Kier alpha value is -0.440. The van der Waals surface area contributed by atoms with E-state index in [1.807, 2.05) is 28.1 Å². The molecule has 1 aromatic rings. The highest BCUT2D eigenvalue weighted by molar-refractivity contribution is 6.70. The van der Waals surface area contributed by atoms with Crippen molar-refractivity contribution in [1.29, 1.82) is 0 Å². The predicted octanol–water partition coefficient (Wildman–Crippen LogP) is 0.568. The normalized spacial score (nSPS) is 11.3. The lowest BCUT2D eigenvalue weighted by Gasteiger charge is -2.19. The zero-order valence-electron chi connectivity index (χ0n) is 9.16. The summed E-state index contributed by atoms with van der Waals surface area (Å²) in [6.07, 6.45) is 0. The Labute approximate surface area is 96.7 Å². The maximum atomic E-state index is 9.18. The Morgan fingerprint density at radius 1 is 1.27 bits per heavy atom. The Kier molecular flexibility index (Phi) is 3.87. The van der Waals surface area contributed by atoms with Gasteiger partial charge in [-0.1, -0.05) is 55.3 Å². The van der Waals surface area contributed by atoms with Gasteiger partial charge in [-0.25, -0.2) is 0 Å². The molecule has 0 fully saturated rings. The zero-order chi connectivity index (χ0) is 11.6. The summed E-state index contributed by atoms with van der Waals surface area (Å²) in [5.41, 5.74) is 1.25. The van der Waals surface area contributed by atoms with E-state index in [4.69, 9.17) is 11.6 Å². The minimum Gasteiger partial charge on any atom is -0.423 e. The van der Waals surface area contributed by atoms with Crippen LogP contribution in [0.1, 0.15) is 20.8 Å². The van der Waals surface area contributed by atoms with Crippen LogP contribution in [0.2, 0.25) is 10.3 Å². The van der Waals surface area contributed by atoms with E-state index in [1.165, 1.54) is 0 Å². The minimum atomic E-state index is -1.46. The van der Waals surface area contributed by atoms with Gasteiger partial charge in [0.15, 0.2) is 7.28 Å². The molecule has 1 radical (unpaired) electrons. The van der Waals surface area contributed by atoms with E-state index in [-0.39, 0.29) is 5.31 Å². The summed E-state index contributed by atoms with van der Waals surface area (Å²) in [5, 5.41) is 18.9. The molecule has 0 aliphatic carbocycles. The molecule has 0 heterocycles. The van der Waals surface area contributed by atoms with Crippen molar-refractivity contribution in [2.75, 3.05) is 0 Å². The van der Waals surface area contributed by atoms with E-state index in [0.717, 1.165) is 5.46 Å². The number of hydrogen-bond donors (Lipinski definition) is 2. The summed E-state index contributed by atoms with van der Waals surface area (Å²) >= 11 is 5.87. The van der Waals surface area contributed by atoms with Crippen LogP contribution >= 0.6 is 11.6 Å². The summed E-state index contributed by atoms with van der Waals surface area (Å²) in [4.78, 5) is 0. The number of benzene rings is 1. The summed E-state index contributed by atoms with van der Waals surface area (Å²) in [6.45, 7) is 6.13. The van der Waals surface area contributed by atoms with E-state index < -0.39 is 7.12 Å². The molecule has 0 atom stereocenters. The van der Waals surface area contributed by atoms with Gasteiger partial charge >= 0.3 is 7.12 Å². The largest absolute Gasteiger partial charge is 0.487 e. The Bertz CT molecular complexity index is 348. The first-order chi connectivity index (χ1) is 6.79. The standard InChI is InChI=1S/C10H14B2ClO2/c1-10(2,3)11-8-6-7(13)4-5-9(8)12(14)15/h4-6,14-15H,1-3H3. The highest BCUT2D eigenvalue weighted by atomic mass is 35.5. The maximum absolute atomic E-state index is 9.18. The van der Waals surface area contributed by atoms with Crippen LogP contribution in [0, 0.1) is 0 Å². The molecule has 1 aromatic carbocycles. The molecule has 0 aliphatic heterocycles. The van der Waals surface area contributed by atoms with Crippen molar-refractivity contribution in [3.05, 3.63) is 23.2 Å². The molecular weight excluding hydrogens is 209 g/mol. The average molecular weight is 223 g/mol. The van der Waals surface area contributed by atoms with Crippen LogP contribution < -0.4 is 10.9 Å². The predicted molar refractivity (Wildman–Crippen MR) is 66.4 cm³/mol. The van der Waals surface area contributed by atoms with Crippen LogP contribution in [0.4, 0.5) is 0 Å². The van der Waals surface area contributed by atoms with Crippen molar-refractivity contribution >= 4 is 36.9 Å². The number of hydrogen-bond acceptors (Lipinski definition) is 2. The topological polar surface area (TPSA) is 40.5 Å². The van der Waals surface area contributed by atoms with Crippen LogP contribution in [0.5, 0.6) is 0 Å². The molecule has 0 unspecified atom stereocenters. The molecule has 0 saturated carbocycles. The van der Waals surface area contributed by atoms with Crippen LogP contribution in [-0.2, 0) is 0 Å². The van der Waals surface area contributed by atoms with Gasteiger partial charge in [0, 0.05) is 5.02 Å². The molecular formula is C10H14B2ClO2. The fourth-order valence-electron chi connectivity index (χ4n) is 1.37. The summed E-state index contributed by atoms with van der Waals surface area (Å²) in [6, 6.07) is 5.02. The molecule has 2 nitrogen and oxygen atoms in total. The third-order valence-electron chi connectivity index (χ3n) is 1.92. The van der Waals surface area contributed by atoms with Crippen LogP contribution in [-0.4, -0.2) is 24.4 Å². The first-order valence-corrected chi connectivity index (χ1v) is 5.19. The van der Waals surface area contributed by atoms with Crippen molar-refractivity contribution in [3.63, 3.8) is 0 Å². The van der Waals surface area contributed by atoms with Crippen molar-refractivity contribution in [2.24, 2.45) is 0 Å². The molecule has 5 heteroatoms. The molecule has 0 spiro atoms. The fraction of sp³-hybridized carbons (Fsp3) is 0.400. The highest BCUT2D eigenvalue weighted by Gasteiger charge is 2.21. The van der Waals surface area contributed by atoms with E-state index >= 15 is 0 Å². The van der Waals surface area contributed by atoms with Crippen molar-refractivity contribution in [3.8, 4) is 0 Å². The molecule has 0 bridgehead atoms. The number of halogens is 1. The molecule has 0 amide bonds. The zero-order valence-corrected chi connectivity index (χ0v) is 9.92. The molecule has 15 heavy (non-hydrogen) atoms. The summed E-state index contributed by atoms with van der Waals surface area (Å²) < 4.78 is 0. The van der Waals surface area contributed by atoms with Gasteiger partial charge < -0.3 is 10.0 Å². The van der Waals surface area contributed by atoms with Gasteiger partial charge in [0.25, 0.3) is 0 Å². The van der Waals surface area contributed by atoms with Crippen LogP contribution in [0.3, 0.4) is 0 Å². The minimum absolute atomic E-state index is 0.0334. The first kappa shape index (κ1) is 12.6. The third-order valence-corrected chi connectivity index (χ3v) is 2.15. The molecule has 79 valence electrons. The second-order valence-electron chi connectivity index (χ2n) is 4.66. The second kappa shape index (κ2) is 4.60. The average Bonchev–Trinajstić information content (AvgIpc) is 1.99. The quantitative estimate of drug-likeness (QED) is 0.720. The van der Waals surface area contributed by atoms with Gasteiger partial charge in [-0.15, -0.1) is 0 Å². The van der Waals surface area contributed by atoms with Crippen molar-refractivity contribution in [1.82, 2.24) is 0 Å². The molecule has 0 aromatic heterocycles.